The van der Waals surface area contributed by atoms with Crippen molar-refractivity contribution in [3.05, 3.63) is 95.6 Å². The fourth-order valence-electron chi connectivity index (χ4n) is 7.95. The molecule has 0 N–H and O–H groups in total. The maximum atomic E-state index is 15.5. The second-order valence-corrected chi connectivity index (χ2v) is 14.3. The monoisotopic (exact) mass is 674 g/mol. The molecule has 1 atom stereocenters. The van der Waals surface area contributed by atoms with Gasteiger partial charge in [0.15, 0.2) is 23.2 Å². The van der Waals surface area contributed by atoms with Crippen molar-refractivity contribution < 1.29 is 22.3 Å². The number of halogens is 4. The number of hydrogen-bond donors (Lipinski definition) is 0. The molecular weight excluding hydrogens is 620 g/mol. The van der Waals surface area contributed by atoms with E-state index in [4.69, 9.17) is 4.74 Å². The Morgan fingerprint density at radius 2 is 1.20 bits per heavy atom. The Hall–Kier alpha value is -3.34. The highest BCUT2D eigenvalue weighted by molar-refractivity contribution is 5.74. The minimum Gasteiger partial charge on any atom is -0.486 e. The van der Waals surface area contributed by atoms with Gasteiger partial charge in [-0.05, 0) is 85.1 Å². The minimum atomic E-state index is -1.06. The maximum absolute atomic E-state index is 15.5. The van der Waals surface area contributed by atoms with E-state index in [0.717, 1.165) is 43.1 Å². The Kier molecular flexibility index (Phi) is 14.0. The largest absolute Gasteiger partial charge is 0.486 e. The van der Waals surface area contributed by atoms with Gasteiger partial charge in [-0.25, -0.2) is 13.2 Å². The van der Waals surface area contributed by atoms with Crippen molar-refractivity contribution in [2.45, 2.75) is 117 Å². The summed E-state index contributed by atoms with van der Waals surface area (Å²) in [5.74, 6) is -1.66. The number of unbranched alkanes of at least 4 members (excludes halogenated alkanes) is 6. The number of benzene rings is 3. The van der Waals surface area contributed by atoms with Crippen molar-refractivity contribution in [3.8, 4) is 28.0 Å². The van der Waals surface area contributed by atoms with Crippen LogP contribution in [0.1, 0.15) is 122 Å². The molecule has 0 spiro atoms. The van der Waals surface area contributed by atoms with Crippen molar-refractivity contribution in [1.82, 2.24) is 0 Å². The highest BCUT2D eigenvalue weighted by Crippen LogP contribution is 2.43. The van der Waals surface area contributed by atoms with Gasteiger partial charge in [-0.15, -0.1) is 0 Å². The zero-order valence-corrected chi connectivity index (χ0v) is 29.5. The molecule has 0 aromatic heterocycles. The first-order valence-corrected chi connectivity index (χ1v) is 18.9. The van der Waals surface area contributed by atoms with Crippen LogP contribution in [0.4, 0.5) is 17.6 Å². The maximum Gasteiger partial charge on any atom is 0.201 e. The second kappa shape index (κ2) is 18.6. The molecule has 1 saturated carbocycles. The van der Waals surface area contributed by atoms with Gasteiger partial charge < -0.3 is 4.74 Å². The van der Waals surface area contributed by atoms with Crippen LogP contribution in [0.3, 0.4) is 0 Å². The lowest BCUT2D eigenvalue weighted by atomic mass is 9.70. The van der Waals surface area contributed by atoms with Crippen LogP contribution in [-0.4, -0.2) is 6.61 Å². The Labute approximate surface area is 291 Å². The predicted molar refractivity (Wildman–Crippen MR) is 195 cm³/mol. The second-order valence-electron chi connectivity index (χ2n) is 14.3. The van der Waals surface area contributed by atoms with Crippen LogP contribution in [0.25, 0.3) is 27.8 Å². The standard InChI is InChI=1S/C44H54F4O/c1-3-5-7-8-9-10-11-13-31-14-16-32(17-15-31)33-18-20-34(21-19-33)37-26-27-38(42(46)41(37)45)35-22-24-36(25-23-35)39-28-29-40(44(48)43(39)47)49-30-12-6-4-2/h6,12,20,22-29,31-33H,3-5,7-11,13-19,21,30H2,1-2H3/b12-6+. The first-order valence-electron chi connectivity index (χ1n) is 18.9. The van der Waals surface area contributed by atoms with Gasteiger partial charge in [0, 0.05) is 16.7 Å². The molecule has 3 aromatic rings. The summed E-state index contributed by atoms with van der Waals surface area (Å²) in [7, 11) is 0. The van der Waals surface area contributed by atoms with Crippen LogP contribution in [0, 0.1) is 41.0 Å². The predicted octanol–water partition coefficient (Wildman–Crippen LogP) is 14.1. The molecule has 5 rings (SSSR count). The quantitative estimate of drug-likeness (QED) is 0.0835. The van der Waals surface area contributed by atoms with Crippen molar-refractivity contribution in [1.29, 1.82) is 0 Å². The Balaban J connectivity index is 1.15. The minimum absolute atomic E-state index is 0.0709. The zero-order valence-electron chi connectivity index (χ0n) is 29.5. The van der Waals surface area contributed by atoms with Crippen molar-refractivity contribution in [2.75, 3.05) is 6.61 Å². The Morgan fingerprint density at radius 3 is 1.84 bits per heavy atom. The molecule has 3 aromatic carbocycles. The van der Waals surface area contributed by atoms with Crippen LogP contribution in [-0.2, 0) is 0 Å². The van der Waals surface area contributed by atoms with Crippen LogP contribution in [0.5, 0.6) is 5.75 Å². The summed E-state index contributed by atoms with van der Waals surface area (Å²) in [4.78, 5) is 0. The Bertz CT molecular complexity index is 1550. The van der Waals surface area contributed by atoms with Gasteiger partial charge >= 0.3 is 0 Å². The summed E-state index contributed by atoms with van der Waals surface area (Å²) in [6, 6.07) is 12.6. The summed E-state index contributed by atoms with van der Waals surface area (Å²) < 4.78 is 66.0. The first-order chi connectivity index (χ1) is 23.9. The van der Waals surface area contributed by atoms with Gasteiger partial charge in [-0.1, -0.05) is 133 Å². The lowest BCUT2D eigenvalue weighted by Gasteiger charge is -2.35. The topological polar surface area (TPSA) is 9.23 Å². The van der Waals surface area contributed by atoms with Gasteiger partial charge in [0.05, 0.1) is 0 Å². The van der Waals surface area contributed by atoms with Crippen LogP contribution < -0.4 is 4.74 Å². The summed E-state index contributed by atoms with van der Waals surface area (Å²) in [6.07, 6.45) is 25.7. The molecule has 1 nitrogen and oxygen atoms in total. The van der Waals surface area contributed by atoms with Gasteiger partial charge in [-0.3, -0.25) is 0 Å². The summed E-state index contributed by atoms with van der Waals surface area (Å²) in [5.41, 5.74) is 2.36. The van der Waals surface area contributed by atoms with E-state index in [-0.39, 0.29) is 23.5 Å². The summed E-state index contributed by atoms with van der Waals surface area (Å²) >= 11 is 0. The molecular formula is C44H54F4O. The Morgan fingerprint density at radius 1 is 0.612 bits per heavy atom. The highest BCUT2D eigenvalue weighted by atomic mass is 19.2. The van der Waals surface area contributed by atoms with Crippen molar-refractivity contribution in [3.63, 3.8) is 0 Å². The third-order valence-corrected chi connectivity index (χ3v) is 10.9. The van der Waals surface area contributed by atoms with E-state index in [1.807, 2.05) is 13.0 Å². The van der Waals surface area contributed by atoms with Crippen molar-refractivity contribution >= 4 is 5.57 Å². The zero-order chi connectivity index (χ0) is 34.6. The molecule has 0 radical (unpaired) electrons. The van der Waals surface area contributed by atoms with Gasteiger partial charge in [0.25, 0.3) is 0 Å². The van der Waals surface area contributed by atoms with E-state index in [9.17, 15) is 8.78 Å². The van der Waals surface area contributed by atoms with Crippen molar-refractivity contribution in [2.24, 2.45) is 17.8 Å². The SMILES string of the molecule is CC/C=C/COc1ccc(-c2ccc(-c3ccc(C4=CCC(C5CCC(CCCCCCCCC)CC5)CC4)c(F)c3F)cc2)c(F)c1F. The number of ether oxygens (including phenoxy) is 1. The number of hydrogen-bond acceptors (Lipinski definition) is 1. The van der Waals surface area contributed by atoms with Crippen LogP contribution in [0.15, 0.2) is 66.8 Å². The lowest BCUT2D eigenvalue weighted by Crippen LogP contribution is -2.23. The summed E-state index contributed by atoms with van der Waals surface area (Å²) in [5, 5.41) is 0. The van der Waals surface area contributed by atoms with E-state index in [0.29, 0.717) is 22.6 Å². The molecule has 49 heavy (non-hydrogen) atoms. The molecule has 264 valence electrons. The molecule has 2 aliphatic rings. The molecule has 5 heteroatoms. The molecule has 0 aliphatic heterocycles. The normalized spacial score (nSPS) is 19.7. The van der Waals surface area contributed by atoms with Crippen LogP contribution >= 0.6 is 0 Å². The number of allylic oxidation sites excluding steroid dienone is 3. The summed E-state index contributed by atoms with van der Waals surface area (Å²) in [6.45, 7) is 4.39. The molecule has 0 saturated heterocycles. The third kappa shape index (κ3) is 9.67. The first kappa shape index (κ1) is 36.9. The molecule has 0 heterocycles. The molecule has 2 aliphatic carbocycles. The smallest absolute Gasteiger partial charge is 0.201 e. The average molecular weight is 675 g/mol. The fourth-order valence-corrected chi connectivity index (χ4v) is 7.95. The fraction of sp³-hybridized carbons (Fsp3) is 0.500. The van der Waals surface area contributed by atoms with Gasteiger partial charge in [0.1, 0.15) is 6.61 Å². The molecule has 1 unspecified atom stereocenters. The lowest BCUT2D eigenvalue weighted by molar-refractivity contribution is 0.187. The third-order valence-electron chi connectivity index (χ3n) is 10.9. The number of rotatable bonds is 16. The highest BCUT2D eigenvalue weighted by Gasteiger charge is 2.29. The van der Waals surface area contributed by atoms with E-state index in [1.54, 1.807) is 42.5 Å². The molecule has 0 bridgehead atoms. The average Bonchev–Trinajstić information content (AvgIpc) is 3.13. The van der Waals surface area contributed by atoms with E-state index in [1.165, 1.54) is 89.2 Å². The van der Waals surface area contributed by atoms with Gasteiger partial charge in [0.2, 0.25) is 5.82 Å². The van der Waals surface area contributed by atoms with Gasteiger partial charge in [-0.2, -0.15) is 4.39 Å². The van der Waals surface area contributed by atoms with E-state index < -0.39 is 23.3 Å². The van der Waals surface area contributed by atoms with Crippen LogP contribution in [0.2, 0.25) is 0 Å². The molecule has 0 amide bonds. The van der Waals surface area contributed by atoms with E-state index in [2.05, 4.69) is 13.0 Å². The van der Waals surface area contributed by atoms with E-state index >= 15 is 8.78 Å². The molecule has 1 fully saturated rings.